The maximum absolute atomic E-state index is 6.06. The molecule has 8 heteroatoms. The van der Waals surface area contributed by atoms with Gasteiger partial charge in [-0.15, -0.1) is 0 Å². The number of morpholine rings is 1. The molecule has 2 aromatic rings. The van der Waals surface area contributed by atoms with Crippen LogP contribution >= 0.6 is 0 Å². The standard InChI is InChI=1S/C23H33N5O3/c1-24-18-5-3-17(4-6-18)16-31-22-21(29-2)15-25-23(27-22)26-19-7-9-20(10-8-19)28-11-13-30-14-12-28/h7-10,15,17-18,24H,3-6,11-14,16H2,1-2H3,(H,25,26,27)/t17-,18-. The third-order valence-corrected chi connectivity index (χ3v) is 6.15. The molecule has 168 valence electrons. The topological polar surface area (TPSA) is 80.8 Å². The van der Waals surface area contributed by atoms with Crippen molar-refractivity contribution in [1.82, 2.24) is 15.3 Å². The number of nitrogens with one attached hydrogen (secondary N) is 2. The second kappa shape index (κ2) is 10.6. The summed E-state index contributed by atoms with van der Waals surface area (Å²) in [6, 6.07) is 8.93. The first-order valence-corrected chi connectivity index (χ1v) is 11.2. The largest absolute Gasteiger partial charge is 0.490 e. The van der Waals surface area contributed by atoms with Crippen molar-refractivity contribution in [1.29, 1.82) is 0 Å². The molecule has 1 saturated carbocycles. The van der Waals surface area contributed by atoms with E-state index in [2.05, 4.69) is 37.6 Å². The Kier molecular flexibility index (Phi) is 7.43. The van der Waals surface area contributed by atoms with E-state index in [0.717, 1.165) is 32.0 Å². The fourth-order valence-corrected chi connectivity index (χ4v) is 4.18. The summed E-state index contributed by atoms with van der Waals surface area (Å²) in [5.41, 5.74) is 2.13. The van der Waals surface area contributed by atoms with Crippen molar-refractivity contribution in [3.8, 4) is 11.6 Å². The molecule has 2 fully saturated rings. The zero-order valence-electron chi connectivity index (χ0n) is 18.5. The lowest BCUT2D eigenvalue weighted by Gasteiger charge is -2.28. The van der Waals surface area contributed by atoms with Gasteiger partial charge in [-0.3, -0.25) is 0 Å². The number of methoxy groups -OCH3 is 1. The number of rotatable bonds is 8. The summed E-state index contributed by atoms with van der Waals surface area (Å²) in [6.45, 7) is 4.05. The lowest BCUT2D eigenvalue weighted by molar-refractivity contribution is 0.122. The zero-order chi connectivity index (χ0) is 21.5. The van der Waals surface area contributed by atoms with E-state index in [1.54, 1.807) is 13.3 Å². The Bertz CT molecular complexity index is 818. The van der Waals surface area contributed by atoms with Gasteiger partial charge in [-0.1, -0.05) is 0 Å². The smallest absolute Gasteiger partial charge is 0.262 e. The Balaban J connectivity index is 1.36. The Hall–Kier alpha value is -2.58. The number of anilines is 3. The van der Waals surface area contributed by atoms with Crippen molar-refractivity contribution in [3.05, 3.63) is 30.5 Å². The van der Waals surface area contributed by atoms with Crippen LogP contribution in [-0.4, -0.2) is 63.1 Å². The fraction of sp³-hybridized carbons (Fsp3) is 0.565. The van der Waals surface area contributed by atoms with Crippen molar-refractivity contribution in [2.45, 2.75) is 31.7 Å². The molecule has 0 radical (unpaired) electrons. The molecular weight excluding hydrogens is 394 g/mol. The third-order valence-electron chi connectivity index (χ3n) is 6.15. The molecule has 1 aliphatic heterocycles. The molecule has 0 spiro atoms. The molecule has 8 nitrogen and oxygen atoms in total. The Morgan fingerprint density at radius 3 is 2.52 bits per heavy atom. The highest BCUT2D eigenvalue weighted by Gasteiger charge is 2.21. The van der Waals surface area contributed by atoms with Gasteiger partial charge in [0.05, 0.1) is 33.1 Å². The molecule has 4 rings (SSSR count). The number of nitrogens with zero attached hydrogens (tertiary/aromatic N) is 3. The van der Waals surface area contributed by atoms with Gasteiger partial charge in [-0.25, -0.2) is 4.98 Å². The van der Waals surface area contributed by atoms with Gasteiger partial charge in [-0.2, -0.15) is 4.98 Å². The molecule has 2 aliphatic rings. The van der Waals surface area contributed by atoms with Crippen LogP contribution in [0.1, 0.15) is 25.7 Å². The molecule has 0 unspecified atom stereocenters. The summed E-state index contributed by atoms with van der Waals surface area (Å²) in [6.07, 6.45) is 6.38. The maximum Gasteiger partial charge on any atom is 0.262 e. The molecule has 0 bridgehead atoms. The van der Waals surface area contributed by atoms with Crippen LogP contribution in [0.3, 0.4) is 0 Å². The zero-order valence-corrected chi connectivity index (χ0v) is 18.5. The van der Waals surface area contributed by atoms with E-state index in [-0.39, 0.29) is 0 Å². The second-order valence-corrected chi connectivity index (χ2v) is 8.16. The van der Waals surface area contributed by atoms with Gasteiger partial charge in [0.2, 0.25) is 5.95 Å². The summed E-state index contributed by atoms with van der Waals surface area (Å²) in [5, 5.41) is 6.64. The highest BCUT2D eigenvalue weighted by atomic mass is 16.5. The van der Waals surface area contributed by atoms with Crippen molar-refractivity contribution in [3.63, 3.8) is 0 Å². The van der Waals surface area contributed by atoms with Crippen LogP contribution in [0.4, 0.5) is 17.3 Å². The van der Waals surface area contributed by atoms with Gasteiger partial charge >= 0.3 is 0 Å². The van der Waals surface area contributed by atoms with Crippen LogP contribution in [0.15, 0.2) is 30.5 Å². The maximum atomic E-state index is 6.06. The van der Waals surface area contributed by atoms with E-state index in [0.29, 0.717) is 36.1 Å². The van der Waals surface area contributed by atoms with Crippen molar-refractivity contribution < 1.29 is 14.2 Å². The Morgan fingerprint density at radius 2 is 1.84 bits per heavy atom. The normalized spacial score (nSPS) is 21.5. The Labute approximate surface area is 184 Å². The summed E-state index contributed by atoms with van der Waals surface area (Å²) < 4.78 is 16.9. The molecule has 31 heavy (non-hydrogen) atoms. The summed E-state index contributed by atoms with van der Waals surface area (Å²) in [7, 11) is 3.65. The lowest BCUT2D eigenvalue weighted by Crippen LogP contribution is -2.36. The minimum absolute atomic E-state index is 0.487. The molecule has 0 amide bonds. The first-order chi connectivity index (χ1) is 15.2. The molecule has 2 N–H and O–H groups in total. The average molecular weight is 428 g/mol. The van der Waals surface area contributed by atoms with Crippen LogP contribution in [0.2, 0.25) is 0 Å². The van der Waals surface area contributed by atoms with Gasteiger partial charge in [-0.05, 0) is 62.9 Å². The van der Waals surface area contributed by atoms with Gasteiger partial charge in [0, 0.05) is 30.5 Å². The van der Waals surface area contributed by atoms with E-state index >= 15 is 0 Å². The van der Waals surface area contributed by atoms with E-state index in [4.69, 9.17) is 14.2 Å². The second-order valence-electron chi connectivity index (χ2n) is 8.16. The highest BCUT2D eigenvalue weighted by molar-refractivity contribution is 5.60. The average Bonchev–Trinajstić information content (AvgIpc) is 2.84. The van der Waals surface area contributed by atoms with Crippen LogP contribution < -0.4 is 25.0 Å². The fourth-order valence-electron chi connectivity index (χ4n) is 4.18. The predicted molar refractivity (Wildman–Crippen MR) is 122 cm³/mol. The van der Waals surface area contributed by atoms with Crippen molar-refractivity contribution >= 4 is 17.3 Å². The number of aromatic nitrogens is 2. The highest BCUT2D eigenvalue weighted by Crippen LogP contribution is 2.29. The third kappa shape index (κ3) is 5.77. The molecular formula is C23H33N5O3. The van der Waals surface area contributed by atoms with Gasteiger partial charge in [0.15, 0.2) is 5.75 Å². The molecule has 1 aromatic heterocycles. The van der Waals surface area contributed by atoms with E-state index in [9.17, 15) is 0 Å². The number of hydrogen-bond donors (Lipinski definition) is 2. The van der Waals surface area contributed by atoms with Gasteiger partial charge < -0.3 is 29.7 Å². The summed E-state index contributed by atoms with van der Waals surface area (Å²) >= 11 is 0. The number of hydrogen-bond acceptors (Lipinski definition) is 8. The number of ether oxygens (including phenoxy) is 3. The van der Waals surface area contributed by atoms with Crippen LogP contribution in [0.25, 0.3) is 0 Å². The van der Waals surface area contributed by atoms with Crippen molar-refractivity contribution in [2.75, 3.05) is 57.3 Å². The number of benzene rings is 1. The van der Waals surface area contributed by atoms with E-state index in [1.807, 2.05) is 19.2 Å². The predicted octanol–water partition coefficient (Wildman–Crippen LogP) is 3.22. The van der Waals surface area contributed by atoms with Crippen LogP contribution in [0.5, 0.6) is 11.6 Å². The monoisotopic (exact) mass is 427 g/mol. The molecule has 1 saturated heterocycles. The lowest BCUT2D eigenvalue weighted by atomic mass is 9.87. The molecule has 0 atom stereocenters. The Morgan fingerprint density at radius 1 is 1.10 bits per heavy atom. The van der Waals surface area contributed by atoms with Gasteiger partial charge in [0.1, 0.15) is 0 Å². The van der Waals surface area contributed by atoms with E-state index < -0.39 is 0 Å². The van der Waals surface area contributed by atoms with Gasteiger partial charge in [0.25, 0.3) is 5.88 Å². The molecule has 2 heterocycles. The minimum Gasteiger partial charge on any atom is -0.490 e. The summed E-state index contributed by atoms with van der Waals surface area (Å²) in [5.74, 6) is 2.08. The molecule has 1 aromatic carbocycles. The SMILES string of the molecule is CN[C@H]1CC[C@H](COc2nc(Nc3ccc(N4CCOCC4)cc3)ncc2OC)CC1. The van der Waals surface area contributed by atoms with E-state index in [1.165, 1.54) is 31.4 Å². The minimum atomic E-state index is 0.487. The first kappa shape index (κ1) is 21.6. The first-order valence-electron chi connectivity index (χ1n) is 11.2. The van der Waals surface area contributed by atoms with Crippen LogP contribution in [0, 0.1) is 5.92 Å². The van der Waals surface area contributed by atoms with Crippen molar-refractivity contribution in [2.24, 2.45) is 5.92 Å². The molecule has 1 aliphatic carbocycles. The van der Waals surface area contributed by atoms with Crippen LogP contribution in [-0.2, 0) is 4.74 Å². The quantitative estimate of drug-likeness (QED) is 0.665. The summed E-state index contributed by atoms with van der Waals surface area (Å²) in [4.78, 5) is 11.3.